The van der Waals surface area contributed by atoms with E-state index >= 15 is 0 Å². The minimum absolute atomic E-state index is 0.0469. The second kappa shape index (κ2) is 12.8. The predicted molar refractivity (Wildman–Crippen MR) is 114 cm³/mol. The molecule has 0 aliphatic heterocycles. The van der Waals surface area contributed by atoms with Crippen LogP contribution in [0.4, 0.5) is 14.4 Å². The lowest BCUT2D eigenvalue weighted by molar-refractivity contribution is -0.122. The van der Waals surface area contributed by atoms with Crippen LogP contribution in [0.15, 0.2) is 0 Å². The van der Waals surface area contributed by atoms with Crippen LogP contribution in [0.25, 0.3) is 0 Å². The molecule has 0 radical (unpaired) electrons. The van der Waals surface area contributed by atoms with Crippen LogP contribution >= 0.6 is 0 Å². The summed E-state index contributed by atoms with van der Waals surface area (Å²) in [5.41, 5.74) is 4.33. The molecular weight excluding hydrogens is 410 g/mol. The molecule has 0 rings (SSSR count). The van der Waals surface area contributed by atoms with Crippen LogP contribution in [-0.2, 0) is 14.3 Å². The molecule has 0 heterocycles. The van der Waals surface area contributed by atoms with Crippen molar-refractivity contribution < 1.29 is 33.8 Å². The van der Waals surface area contributed by atoms with Gasteiger partial charge >= 0.3 is 18.3 Å². The maximum atomic E-state index is 12.1. The lowest BCUT2D eigenvalue weighted by Gasteiger charge is -2.24. The lowest BCUT2D eigenvalue weighted by Crippen LogP contribution is -2.51. The number of carboxylic acid groups (broad SMARTS) is 1. The minimum Gasteiger partial charge on any atom is -0.465 e. The summed E-state index contributed by atoms with van der Waals surface area (Å²) in [7, 11) is 0. The number of ether oxygens (including phenoxy) is 2. The van der Waals surface area contributed by atoms with Crippen molar-refractivity contribution >= 4 is 24.2 Å². The zero-order valence-corrected chi connectivity index (χ0v) is 19.2. The monoisotopic (exact) mass is 447 g/mol. The molecule has 0 spiro atoms. The third-order valence-corrected chi connectivity index (χ3v) is 3.45. The number of hydrogen-bond donors (Lipinski definition) is 6. The number of carbonyl (C=O) groups is 4. The highest BCUT2D eigenvalue weighted by atomic mass is 16.6. The molecule has 0 aliphatic rings. The van der Waals surface area contributed by atoms with Gasteiger partial charge in [-0.3, -0.25) is 4.79 Å². The number of nitrogens with one attached hydrogen (secondary N) is 4. The first-order chi connectivity index (χ1) is 14.1. The first-order valence-electron chi connectivity index (χ1n) is 10.1. The van der Waals surface area contributed by atoms with Gasteiger partial charge in [-0.25, -0.2) is 14.4 Å². The molecule has 12 heteroatoms. The summed E-state index contributed by atoms with van der Waals surface area (Å²) in [6.45, 7) is 10.5. The van der Waals surface area contributed by atoms with E-state index in [-0.39, 0.29) is 13.1 Å². The van der Waals surface area contributed by atoms with Crippen LogP contribution < -0.4 is 27.0 Å². The Morgan fingerprint density at radius 3 is 1.94 bits per heavy atom. The van der Waals surface area contributed by atoms with E-state index in [0.29, 0.717) is 19.4 Å². The van der Waals surface area contributed by atoms with E-state index in [4.69, 9.17) is 20.3 Å². The van der Waals surface area contributed by atoms with Crippen molar-refractivity contribution in [2.24, 2.45) is 5.73 Å². The third kappa shape index (κ3) is 16.7. The molecular formula is C19H37N5O7. The predicted octanol–water partition coefficient (Wildman–Crippen LogP) is 0.896. The summed E-state index contributed by atoms with van der Waals surface area (Å²) < 4.78 is 10.4. The van der Waals surface area contributed by atoms with E-state index in [0.717, 1.165) is 0 Å². The number of alkyl carbamates (subject to hydrolysis) is 2. The highest BCUT2D eigenvalue weighted by Crippen LogP contribution is 2.08. The maximum absolute atomic E-state index is 12.1. The van der Waals surface area contributed by atoms with Crippen LogP contribution in [0.5, 0.6) is 0 Å². The van der Waals surface area contributed by atoms with Gasteiger partial charge in [0.05, 0.1) is 0 Å². The van der Waals surface area contributed by atoms with Gasteiger partial charge in [-0.05, 0) is 54.4 Å². The Morgan fingerprint density at radius 1 is 0.871 bits per heavy atom. The Balaban J connectivity index is 4.67. The zero-order chi connectivity index (χ0) is 24.2. The molecule has 2 atom stereocenters. The first-order valence-corrected chi connectivity index (χ1v) is 10.1. The summed E-state index contributed by atoms with van der Waals surface area (Å²) in [5.74, 6) is -0.573. The molecule has 0 saturated carbocycles. The van der Waals surface area contributed by atoms with Gasteiger partial charge in [-0.15, -0.1) is 0 Å². The normalized spacial score (nSPS) is 13.4. The third-order valence-electron chi connectivity index (χ3n) is 3.45. The summed E-state index contributed by atoms with van der Waals surface area (Å²) >= 11 is 0. The molecule has 7 N–H and O–H groups in total. The van der Waals surface area contributed by atoms with Gasteiger partial charge in [0.1, 0.15) is 17.2 Å². The van der Waals surface area contributed by atoms with Crippen molar-refractivity contribution in [3.05, 3.63) is 0 Å². The van der Waals surface area contributed by atoms with Crippen molar-refractivity contribution in [1.82, 2.24) is 21.3 Å². The Morgan fingerprint density at radius 2 is 1.42 bits per heavy atom. The Kier molecular flexibility index (Phi) is 11.7. The smallest absolute Gasteiger partial charge is 0.407 e. The second-order valence-corrected chi connectivity index (χ2v) is 8.95. The highest BCUT2D eigenvalue weighted by molar-refractivity contribution is 5.82. The van der Waals surface area contributed by atoms with Gasteiger partial charge in [0.25, 0.3) is 0 Å². The van der Waals surface area contributed by atoms with Gasteiger partial charge in [-0.2, -0.15) is 0 Å². The van der Waals surface area contributed by atoms with Crippen molar-refractivity contribution in [2.75, 3.05) is 19.6 Å². The Hall–Kier alpha value is -2.76. The largest absolute Gasteiger partial charge is 0.465 e. The van der Waals surface area contributed by atoms with Crippen molar-refractivity contribution in [2.45, 2.75) is 77.7 Å². The first kappa shape index (κ1) is 28.2. The van der Waals surface area contributed by atoms with Gasteiger partial charge in [0, 0.05) is 25.7 Å². The fourth-order valence-corrected chi connectivity index (χ4v) is 2.20. The lowest BCUT2D eigenvalue weighted by atomic mass is 10.1. The SMILES string of the molecule is CC(C)(C)OC(=O)NCCC[C@H](CNC(=O)[C@@H](N)CNC(=O)O)NC(=O)OC(C)(C)C. The zero-order valence-electron chi connectivity index (χ0n) is 19.2. The van der Waals surface area contributed by atoms with E-state index in [9.17, 15) is 19.2 Å². The Labute approximate surface area is 183 Å². The molecule has 0 bridgehead atoms. The quantitative estimate of drug-likeness (QED) is 0.267. The van der Waals surface area contributed by atoms with E-state index in [1.807, 2.05) is 5.32 Å². The van der Waals surface area contributed by atoms with Crippen LogP contribution in [0.3, 0.4) is 0 Å². The summed E-state index contributed by atoms with van der Waals surface area (Å²) in [6, 6.07) is -1.58. The number of amides is 4. The standard InChI is InChI=1S/C19H37N5O7/c1-18(2,3)30-16(28)21-9-7-8-12(24-17(29)31-19(4,5)6)10-22-14(25)13(20)11-23-15(26)27/h12-13,23H,7-11,20H2,1-6H3,(H,21,28)(H,22,25)(H,24,29)(H,26,27)/t12-,13+/m1/s1. The molecule has 0 aliphatic carbocycles. The Bertz CT molecular complexity index is 614. The number of nitrogens with two attached hydrogens (primary N) is 1. The molecule has 0 saturated heterocycles. The molecule has 4 amide bonds. The summed E-state index contributed by atoms with van der Waals surface area (Å²) in [5, 5.41) is 18.5. The van der Waals surface area contributed by atoms with E-state index < -0.39 is 47.5 Å². The van der Waals surface area contributed by atoms with Gasteiger partial charge in [-0.1, -0.05) is 0 Å². The van der Waals surface area contributed by atoms with E-state index in [1.54, 1.807) is 41.5 Å². The number of carbonyl (C=O) groups excluding carboxylic acids is 3. The average Bonchev–Trinajstić information content (AvgIpc) is 2.57. The van der Waals surface area contributed by atoms with Gasteiger partial charge in [0.15, 0.2) is 0 Å². The van der Waals surface area contributed by atoms with Gasteiger partial charge < -0.3 is 41.6 Å². The molecule has 0 aromatic rings. The number of rotatable bonds is 10. The molecule has 180 valence electrons. The van der Waals surface area contributed by atoms with Crippen LogP contribution in [0.1, 0.15) is 54.4 Å². The fraction of sp³-hybridized carbons (Fsp3) is 0.789. The van der Waals surface area contributed by atoms with Crippen molar-refractivity contribution in [1.29, 1.82) is 0 Å². The van der Waals surface area contributed by atoms with Crippen molar-refractivity contribution in [3.8, 4) is 0 Å². The van der Waals surface area contributed by atoms with Crippen LogP contribution in [0.2, 0.25) is 0 Å². The molecule has 0 aromatic carbocycles. The molecule has 31 heavy (non-hydrogen) atoms. The van der Waals surface area contributed by atoms with Crippen LogP contribution in [-0.4, -0.2) is 72.2 Å². The maximum Gasteiger partial charge on any atom is 0.407 e. The average molecular weight is 448 g/mol. The molecule has 0 fully saturated rings. The molecule has 12 nitrogen and oxygen atoms in total. The fourth-order valence-electron chi connectivity index (χ4n) is 2.20. The molecule has 0 aromatic heterocycles. The van der Waals surface area contributed by atoms with Gasteiger partial charge in [0.2, 0.25) is 5.91 Å². The second-order valence-electron chi connectivity index (χ2n) is 8.95. The van der Waals surface area contributed by atoms with Crippen LogP contribution in [0, 0.1) is 0 Å². The topological polar surface area (TPSA) is 181 Å². The van der Waals surface area contributed by atoms with Crippen molar-refractivity contribution in [3.63, 3.8) is 0 Å². The highest BCUT2D eigenvalue weighted by Gasteiger charge is 2.22. The van der Waals surface area contributed by atoms with E-state index in [1.165, 1.54) is 0 Å². The summed E-state index contributed by atoms with van der Waals surface area (Å²) in [6.07, 6.45) is -1.58. The van der Waals surface area contributed by atoms with E-state index in [2.05, 4.69) is 16.0 Å². The summed E-state index contributed by atoms with van der Waals surface area (Å²) in [4.78, 5) is 46.3. The molecule has 0 unspecified atom stereocenters. The number of hydrogen-bond acceptors (Lipinski definition) is 7. The minimum atomic E-state index is -1.29.